The largest absolute Gasteiger partial charge is 0.480 e. The summed E-state index contributed by atoms with van der Waals surface area (Å²) in [6, 6.07) is 3.91. The molecular formula is C13H17FN2O3S. The van der Waals surface area contributed by atoms with Crippen molar-refractivity contribution in [3.05, 3.63) is 30.1 Å². The van der Waals surface area contributed by atoms with Gasteiger partial charge < -0.3 is 10.4 Å². The van der Waals surface area contributed by atoms with E-state index in [4.69, 9.17) is 5.11 Å². The molecule has 0 aliphatic carbocycles. The number of nitrogens with one attached hydrogen (secondary N) is 1. The third kappa shape index (κ3) is 4.73. The molecule has 1 aromatic rings. The number of carbonyl (C=O) groups is 2. The van der Waals surface area contributed by atoms with Gasteiger partial charge in [-0.3, -0.25) is 4.90 Å². The fourth-order valence-corrected chi connectivity index (χ4v) is 1.99. The van der Waals surface area contributed by atoms with E-state index in [-0.39, 0.29) is 0 Å². The fraction of sp³-hybridized carbons (Fsp3) is 0.385. The lowest BCUT2D eigenvalue weighted by molar-refractivity contribution is -0.139. The number of hydrogen-bond donors (Lipinski definition) is 2. The van der Waals surface area contributed by atoms with E-state index in [1.807, 2.05) is 6.26 Å². The minimum absolute atomic E-state index is 0.347. The average molecular weight is 300 g/mol. The first kappa shape index (κ1) is 16.3. The Balaban J connectivity index is 2.68. The van der Waals surface area contributed by atoms with Crippen LogP contribution in [0.4, 0.5) is 14.9 Å². The fourth-order valence-electron chi connectivity index (χ4n) is 1.52. The number of nitrogens with zero attached hydrogens (tertiary/aromatic N) is 1. The van der Waals surface area contributed by atoms with Crippen molar-refractivity contribution in [2.24, 2.45) is 0 Å². The van der Waals surface area contributed by atoms with Crippen molar-refractivity contribution in [2.45, 2.75) is 12.5 Å². The number of thioether (sulfide) groups is 1. The van der Waals surface area contributed by atoms with Gasteiger partial charge in [0.15, 0.2) is 0 Å². The highest BCUT2D eigenvalue weighted by molar-refractivity contribution is 7.98. The summed E-state index contributed by atoms with van der Waals surface area (Å²) in [4.78, 5) is 24.3. The quantitative estimate of drug-likeness (QED) is 0.845. The lowest BCUT2D eigenvalue weighted by Gasteiger charge is -2.21. The number of rotatable bonds is 6. The molecule has 0 heterocycles. The van der Waals surface area contributed by atoms with E-state index < -0.39 is 23.9 Å². The second-order valence-corrected chi connectivity index (χ2v) is 5.14. The van der Waals surface area contributed by atoms with Gasteiger partial charge in [-0.15, -0.1) is 0 Å². The van der Waals surface area contributed by atoms with E-state index in [0.717, 1.165) is 0 Å². The van der Waals surface area contributed by atoms with Crippen LogP contribution in [0, 0.1) is 5.82 Å². The summed E-state index contributed by atoms with van der Waals surface area (Å²) in [6.45, 7) is 0. The van der Waals surface area contributed by atoms with Crippen LogP contribution in [0.25, 0.3) is 0 Å². The van der Waals surface area contributed by atoms with Gasteiger partial charge in [0.1, 0.15) is 11.9 Å². The molecule has 20 heavy (non-hydrogen) atoms. The van der Waals surface area contributed by atoms with Crippen molar-refractivity contribution >= 4 is 29.4 Å². The van der Waals surface area contributed by atoms with Gasteiger partial charge in [-0.05, 0) is 42.7 Å². The highest BCUT2D eigenvalue weighted by Crippen LogP contribution is 2.13. The van der Waals surface area contributed by atoms with Gasteiger partial charge in [-0.2, -0.15) is 11.8 Å². The number of carbonyl (C=O) groups excluding carboxylic acids is 1. The summed E-state index contributed by atoms with van der Waals surface area (Å²) in [6.07, 6.45) is 2.21. The lowest BCUT2D eigenvalue weighted by Crippen LogP contribution is -2.47. The minimum Gasteiger partial charge on any atom is -0.480 e. The van der Waals surface area contributed by atoms with Crippen LogP contribution in [0.15, 0.2) is 24.3 Å². The maximum Gasteiger partial charge on any atom is 0.326 e. The molecule has 7 heteroatoms. The normalized spacial score (nSPS) is 11.8. The SMILES string of the molecule is CSCC[C@H](NC(=O)N(C)c1ccc(F)cc1)C(=O)O. The third-order valence-corrected chi connectivity index (χ3v) is 3.37. The number of amides is 2. The van der Waals surface area contributed by atoms with Crippen molar-refractivity contribution in [2.75, 3.05) is 24.0 Å². The van der Waals surface area contributed by atoms with Crippen LogP contribution in [-0.2, 0) is 4.79 Å². The zero-order valence-electron chi connectivity index (χ0n) is 11.3. The molecule has 0 saturated carbocycles. The van der Waals surface area contributed by atoms with E-state index in [0.29, 0.717) is 17.9 Å². The molecule has 2 N–H and O–H groups in total. The highest BCUT2D eigenvalue weighted by atomic mass is 32.2. The van der Waals surface area contributed by atoms with Crippen molar-refractivity contribution in [1.82, 2.24) is 5.32 Å². The van der Waals surface area contributed by atoms with Gasteiger partial charge >= 0.3 is 12.0 Å². The van der Waals surface area contributed by atoms with Crippen LogP contribution >= 0.6 is 11.8 Å². The van der Waals surface area contributed by atoms with Gasteiger partial charge in [0.2, 0.25) is 0 Å². The molecule has 0 bridgehead atoms. The number of halogens is 1. The van der Waals surface area contributed by atoms with Gasteiger partial charge in [-0.25, -0.2) is 14.0 Å². The van der Waals surface area contributed by atoms with E-state index in [1.165, 1.54) is 48.0 Å². The van der Waals surface area contributed by atoms with Crippen molar-refractivity contribution in [3.63, 3.8) is 0 Å². The van der Waals surface area contributed by atoms with E-state index in [2.05, 4.69) is 5.32 Å². The molecule has 2 amide bonds. The molecule has 0 aromatic heterocycles. The number of hydrogen-bond acceptors (Lipinski definition) is 3. The predicted molar refractivity (Wildman–Crippen MR) is 77.8 cm³/mol. The first-order valence-corrected chi connectivity index (χ1v) is 7.36. The molecule has 0 saturated heterocycles. The smallest absolute Gasteiger partial charge is 0.326 e. The summed E-state index contributed by atoms with van der Waals surface area (Å²) in [5, 5.41) is 11.5. The lowest BCUT2D eigenvalue weighted by atomic mass is 10.2. The predicted octanol–water partition coefficient (Wildman–Crippen LogP) is 2.18. The zero-order chi connectivity index (χ0) is 15.1. The number of carboxylic acids is 1. The maximum atomic E-state index is 12.8. The zero-order valence-corrected chi connectivity index (χ0v) is 12.1. The summed E-state index contributed by atoms with van der Waals surface area (Å²) in [5.74, 6) is -0.830. The third-order valence-electron chi connectivity index (χ3n) is 2.73. The Labute approximate surface area is 121 Å². The maximum absolute atomic E-state index is 12.8. The van der Waals surface area contributed by atoms with Crippen LogP contribution in [0.2, 0.25) is 0 Å². The van der Waals surface area contributed by atoms with Crippen LogP contribution in [-0.4, -0.2) is 42.2 Å². The summed E-state index contributed by atoms with van der Waals surface area (Å²) in [5.41, 5.74) is 0.484. The Morgan fingerprint density at radius 3 is 2.50 bits per heavy atom. The van der Waals surface area contributed by atoms with E-state index in [1.54, 1.807) is 0 Å². The molecule has 0 fully saturated rings. The Morgan fingerprint density at radius 2 is 2.00 bits per heavy atom. The standard InChI is InChI=1S/C13H17FN2O3S/c1-16(10-5-3-9(14)4-6-10)13(19)15-11(12(17)18)7-8-20-2/h3-6,11H,7-8H2,1-2H3,(H,15,19)(H,17,18)/t11-/m0/s1. The summed E-state index contributed by atoms with van der Waals surface area (Å²) in [7, 11) is 1.50. The number of anilines is 1. The van der Waals surface area contributed by atoms with Crippen LogP contribution < -0.4 is 10.2 Å². The molecule has 110 valence electrons. The Bertz CT molecular complexity index is 467. The molecule has 0 aliphatic heterocycles. The second kappa shape index (κ2) is 7.74. The van der Waals surface area contributed by atoms with Gasteiger partial charge in [0.25, 0.3) is 0 Å². The molecule has 0 radical (unpaired) electrons. The molecular weight excluding hydrogens is 283 g/mol. The molecule has 0 unspecified atom stereocenters. The van der Waals surface area contributed by atoms with Crippen molar-refractivity contribution in [1.29, 1.82) is 0 Å². The minimum atomic E-state index is -1.07. The number of carboxylic acid groups (broad SMARTS) is 1. The van der Waals surface area contributed by atoms with E-state index >= 15 is 0 Å². The highest BCUT2D eigenvalue weighted by Gasteiger charge is 2.21. The number of aliphatic carboxylic acids is 1. The Hall–Kier alpha value is -1.76. The molecule has 1 atom stereocenters. The number of benzene rings is 1. The summed E-state index contributed by atoms with van der Waals surface area (Å²) < 4.78 is 12.8. The van der Waals surface area contributed by atoms with E-state index in [9.17, 15) is 14.0 Å². The van der Waals surface area contributed by atoms with Gasteiger partial charge in [0.05, 0.1) is 0 Å². The van der Waals surface area contributed by atoms with Crippen LogP contribution in [0.5, 0.6) is 0 Å². The number of urea groups is 1. The van der Waals surface area contributed by atoms with Gasteiger partial charge in [0, 0.05) is 12.7 Å². The van der Waals surface area contributed by atoms with Crippen LogP contribution in [0.1, 0.15) is 6.42 Å². The molecule has 5 nitrogen and oxygen atoms in total. The second-order valence-electron chi connectivity index (χ2n) is 4.16. The topological polar surface area (TPSA) is 69.6 Å². The molecule has 1 aromatic carbocycles. The monoisotopic (exact) mass is 300 g/mol. The van der Waals surface area contributed by atoms with Gasteiger partial charge in [-0.1, -0.05) is 0 Å². The molecule has 0 aliphatic rings. The first-order chi connectivity index (χ1) is 9.45. The Kier molecular flexibility index (Phi) is 6.30. The first-order valence-electron chi connectivity index (χ1n) is 5.97. The van der Waals surface area contributed by atoms with Crippen molar-refractivity contribution in [3.8, 4) is 0 Å². The molecule has 1 rings (SSSR count). The molecule has 0 spiro atoms. The van der Waals surface area contributed by atoms with Crippen molar-refractivity contribution < 1.29 is 19.1 Å². The van der Waals surface area contributed by atoms with Crippen LogP contribution in [0.3, 0.4) is 0 Å². The Morgan fingerprint density at radius 1 is 1.40 bits per heavy atom. The average Bonchev–Trinajstić information content (AvgIpc) is 2.42. The summed E-state index contributed by atoms with van der Waals surface area (Å²) >= 11 is 1.51.